The number of amides is 1. The molecule has 3 aromatic rings. The lowest BCUT2D eigenvalue weighted by atomic mass is 9.89. The third kappa shape index (κ3) is 5.70. The summed E-state index contributed by atoms with van der Waals surface area (Å²) in [5, 5.41) is 3.16. The minimum Gasteiger partial charge on any atom is -0.497 e. The van der Waals surface area contributed by atoms with Crippen LogP contribution in [0, 0.1) is 5.92 Å². The molecule has 32 heavy (non-hydrogen) atoms. The normalized spacial score (nSPS) is 14.5. The Kier molecular flexibility index (Phi) is 7.81. The van der Waals surface area contributed by atoms with Crippen LogP contribution >= 0.6 is 0 Å². The second-order valence-corrected chi connectivity index (χ2v) is 8.89. The van der Waals surface area contributed by atoms with Gasteiger partial charge in [0.25, 0.3) is 0 Å². The monoisotopic (exact) mass is 433 g/mol. The molecule has 5 heteroatoms. The van der Waals surface area contributed by atoms with Gasteiger partial charge < -0.3 is 14.6 Å². The predicted octanol–water partition coefficient (Wildman–Crippen LogP) is 5.50. The van der Waals surface area contributed by atoms with E-state index in [0.29, 0.717) is 0 Å². The first-order valence-corrected chi connectivity index (χ1v) is 12.1. The van der Waals surface area contributed by atoms with E-state index in [2.05, 4.69) is 40.2 Å². The number of methoxy groups -OCH3 is 1. The molecular weight excluding hydrogens is 398 g/mol. The third-order valence-corrected chi connectivity index (χ3v) is 6.59. The van der Waals surface area contributed by atoms with Crippen molar-refractivity contribution in [2.45, 2.75) is 64.3 Å². The van der Waals surface area contributed by atoms with E-state index in [0.717, 1.165) is 68.7 Å². The van der Waals surface area contributed by atoms with E-state index in [9.17, 15) is 4.79 Å². The van der Waals surface area contributed by atoms with Crippen LogP contribution in [0.1, 0.15) is 62.8 Å². The number of unbranched alkanes of at least 4 members (excludes halogenated alkanes) is 2. The van der Waals surface area contributed by atoms with E-state index in [1.165, 1.54) is 30.3 Å². The van der Waals surface area contributed by atoms with Gasteiger partial charge in [0.1, 0.15) is 11.6 Å². The standard InChI is InChI=1S/C27H35N3O2/c1-32-23-17-15-21(16-18-23)20-30-25-13-8-7-12-24(25)29-26(30)14-6-3-9-19-28-27(31)22-10-4-2-5-11-22/h7-8,12-13,15-18,22H,2-6,9-11,14,19-20H2,1H3,(H,28,31). The summed E-state index contributed by atoms with van der Waals surface area (Å²) >= 11 is 0. The molecule has 0 spiro atoms. The summed E-state index contributed by atoms with van der Waals surface area (Å²) in [5.41, 5.74) is 3.47. The van der Waals surface area contributed by atoms with Crippen LogP contribution in [-0.2, 0) is 17.8 Å². The maximum atomic E-state index is 12.3. The van der Waals surface area contributed by atoms with Crippen molar-refractivity contribution in [1.82, 2.24) is 14.9 Å². The third-order valence-electron chi connectivity index (χ3n) is 6.59. The number of carbonyl (C=O) groups is 1. The molecule has 1 heterocycles. The molecule has 5 nitrogen and oxygen atoms in total. The Balaban J connectivity index is 1.30. The Labute approximate surface area is 191 Å². The number of rotatable bonds is 10. The minimum atomic E-state index is 0.251. The maximum Gasteiger partial charge on any atom is 0.223 e. The quantitative estimate of drug-likeness (QED) is 0.429. The Hall–Kier alpha value is -2.82. The van der Waals surface area contributed by atoms with Crippen LogP contribution in [0.5, 0.6) is 5.75 Å². The molecule has 0 bridgehead atoms. The molecule has 170 valence electrons. The zero-order valence-corrected chi connectivity index (χ0v) is 19.2. The van der Waals surface area contributed by atoms with Crippen LogP contribution in [0.3, 0.4) is 0 Å². The number of fused-ring (bicyclic) bond motifs is 1. The molecule has 4 rings (SSSR count). The SMILES string of the molecule is COc1ccc(Cn2c(CCCCCNC(=O)C3CCCCC3)nc3ccccc32)cc1. The number of carbonyl (C=O) groups excluding carboxylic acids is 1. The van der Waals surface area contributed by atoms with E-state index in [-0.39, 0.29) is 11.8 Å². The molecule has 1 fully saturated rings. The fraction of sp³-hybridized carbons (Fsp3) is 0.481. The van der Waals surface area contributed by atoms with Crippen LogP contribution in [0.25, 0.3) is 11.0 Å². The van der Waals surface area contributed by atoms with Crippen LogP contribution in [0.4, 0.5) is 0 Å². The summed E-state index contributed by atoms with van der Waals surface area (Å²) in [6, 6.07) is 16.6. The summed E-state index contributed by atoms with van der Waals surface area (Å²) in [5.74, 6) is 2.53. The number of nitrogens with zero attached hydrogens (tertiary/aromatic N) is 2. The van der Waals surface area contributed by atoms with Gasteiger partial charge in [-0.15, -0.1) is 0 Å². The van der Waals surface area contributed by atoms with Gasteiger partial charge in [-0.05, 0) is 55.5 Å². The number of imidazole rings is 1. The first-order chi connectivity index (χ1) is 15.7. The lowest BCUT2D eigenvalue weighted by Crippen LogP contribution is -2.32. The second-order valence-electron chi connectivity index (χ2n) is 8.89. The number of aryl methyl sites for hydroxylation is 1. The molecule has 0 atom stereocenters. The van der Waals surface area contributed by atoms with Crippen molar-refractivity contribution < 1.29 is 9.53 Å². The molecule has 1 aromatic heterocycles. The Bertz CT molecular complexity index is 1000. The fourth-order valence-electron chi connectivity index (χ4n) is 4.71. The van der Waals surface area contributed by atoms with E-state index < -0.39 is 0 Å². The highest BCUT2D eigenvalue weighted by molar-refractivity contribution is 5.78. The summed E-state index contributed by atoms with van der Waals surface area (Å²) < 4.78 is 7.62. The van der Waals surface area contributed by atoms with Gasteiger partial charge in [-0.2, -0.15) is 0 Å². The minimum absolute atomic E-state index is 0.251. The largest absolute Gasteiger partial charge is 0.497 e. The van der Waals surface area contributed by atoms with Crippen molar-refractivity contribution in [2.24, 2.45) is 5.92 Å². The molecule has 0 unspecified atom stereocenters. The molecule has 1 amide bonds. The number of nitrogens with one attached hydrogen (secondary N) is 1. The van der Waals surface area contributed by atoms with Gasteiger partial charge in [-0.1, -0.05) is 49.9 Å². The average Bonchev–Trinajstić information content (AvgIpc) is 3.19. The molecular formula is C27H35N3O2. The lowest BCUT2D eigenvalue weighted by Gasteiger charge is -2.20. The van der Waals surface area contributed by atoms with Crippen molar-refractivity contribution in [1.29, 1.82) is 0 Å². The Morgan fingerprint density at radius 3 is 2.59 bits per heavy atom. The highest BCUT2D eigenvalue weighted by Crippen LogP contribution is 2.24. The summed E-state index contributed by atoms with van der Waals surface area (Å²) in [6.45, 7) is 1.59. The molecule has 2 aromatic carbocycles. The van der Waals surface area contributed by atoms with Gasteiger partial charge in [0.2, 0.25) is 5.91 Å². The van der Waals surface area contributed by atoms with Gasteiger partial charge in [-0.3, -0.25) is 4.79 Å². The smallest absolute Gasteiger partial charge is 0.223 e. The van der Waals surface area contributed by atoms with Gasteiger partial charge in [-0.25, -0.2) is 4.98 Å². The summed E-state index contributed by atoms with van der Waals surface area (Å²) in [4.78, 5) is 17.2. The van der Waals surface area contributed by atoms with E-state index in [4.69, 9.17) is 9.72 Å². The average molecular weight is 434 g/mol. The molecule has 0 radical (unpaired) electrons. The molecule has 0 aliphatic heterocycles. The van der Waals surface area contributed by atoms with Crippen LogP contribution in [0.15, 0.2) is 48.5 Å². The number of aromatic nitrogens is 2. The highest BCUT2D eigenvalue weighted by atomic mass is 16.5. The number of hydrogen-bond acceptors (Lipinski definition) is 3. The number of hydrogen-bond donors (Lipinski definition) is 1. The molecule has 1 N–H and O–H groups in total. The Morgan fingerprint density at radius 1 is 1.03 bits per heavy atom. The lowest BCUT2D eigenvalue weighted by molar-refractivity contribution is -0.125. The topological polar surface area (TPSA) is 56.1 Å². The highest BCUT2D eigenvalue weighted by Gasteiger charge is 2.20. The molecule has 1 aliphatic rings. The van der Waals surface area contributed by atoms with Crippen molar-refractivity contribution in [3.8, 4) is 5.75 Å². The molecule has 1 saturated carbocycles. The van der Waals surface area contributed by atoms with Gasteiger partial charge in [0.05, 0.1) is 18.1 Å². The van der Waals surface area contributed by atoms with Crippen LogP contribution < -0.4 is 10.1 Å². The van der Waals surface area contributed by atoms with Gasteiger partial charge in [0, 0.05) is 25.4 Å². The second kappa shape index (κ2) is 11.2. The van der Waals surface area contributed by atoms with E-state index >= 15 is 0 Å². The summed E-state index contributed by atoms with van der Waals surface area (Å²) in [6.07, 6.45) is 9.96. The Morgan fingerprint density at radius 2 is 1.81 bits per heavy atom. The predicted molar refractivity (Wildman–Crippen MR) is 129 cm³/mol. The van der Waals surface area contributed by atoms with Crippen molar-refractivity contribution in [3.63, 3.8) is 0 Å². The molecule has 0 saturated heterocycles. The van der Waals surface area contributed by atoms with Crippen molar-refractivity contribution >= 4 is 16.9 Å². The fourth-order valence-corrected chi connectivity index (χ4v) is 4.71. The zero-order valence-electron chi connectivity index (χ0n) is 19.2. The number of ether oxygens (including phenoxy) is 1. The van der Waals surface area contributed by atoms with E-state index in [1.54, 1.807) is 7.11 Å². The first kappa shape index (κ1) is 22.4. The van der Waals surface area contributed by atoms with Crippen LogP contribution in [0.2, 0.25) is 0 Å². The maximum absolute atomic E-state index is 12.3. The number of benzene rings is 2. The first-order valence-electron chi connectivity index (χ1n) is 12.1. The van der Waals surface area contributed by atoms with Gasteiger partial charge >= 0.3 is 0 Å². The van der Waals surface area contributed by atoms with Crippen molar-refractivity contribution in [2.75, 3.05) is 13.7 Å². The zero-order chi connectivity index (χ0) is 22.2. The van der Waals surface area contributed by atoms with Crippen LogP contribution in [-0.4, -0.2) is 29.1 Å². The summed E-state index contributed by atoms with van der Waals surface area (Å²) in [7, 11) is 1.69. The molecule has 1 aliphatic carbocycles. The van der Waals surface area contributed by atoms with E-state index in [1.807, 2.05) is 18.2 Å². The van der Waals surface area contributed by atoms with Gasteiger partial charge in [0.15, 0.2) is 0 Å². The van der Waals surface area contributed by atoms with Crippen molar-refractivity contribution in [3.05, 3.63) is 59.9 Å². The number of para-hydroxylation sites is 2.